The lowest BCUT2D eigenvalue weighted by Crippen LogP contribution is -2.20. The number of ether oxygens (including phenoxy) is 1. The summed E-state index contributed by atoms with van der Waals surface area (Å²) in [7, 11) is 1.52. The third-order valence-corrected chi connectivity index (χ3v) is 4.46. The van der Waals surface area contributed by atoms with Gasteiger partial charge in [0.1, 0.15) is 5.75 Å². The number of nitrogens with zero attached hydrogens (tertiary/aromatic N) is 2. The minimum atomic E-state index is -0.440. The zero-order chi connectivity index (χ0) is 20.9. The number of aromatic nitrogens is 2. The first-order chi connectivity index (χ1) is 14.6. The molecule has 0 atom stereocenters. The van der Waals surface area contributed by atoms with Gasteiger partial charge in [-0.15, -0.1) is 0 Å². The number of urea groups is 1. The monoisotopic (exact) mass is 424 g/mol. The predicted octanol–water partition coefficient (Wildman–Crippen LogP) is 5.23. The highest BCUT2D eigenvalue weighted by molar-refractivity contribution is 6.31. The van der Waals surface area contributed by atoms with Crippen LogP contribution in [0.25, 0.3) is 11.6 Å². The molecule has 0 spiro atoms. The first kappa shape index (κ1) is 19.5. The number of carbonyl (C=O) groups excluding carboxylic acids is 1. The average Bonchev–Trinajstić information content (AvgIpc) is 3.41. The van der Waals surface area contributed by atoms with Crippen molar-refractivity contribution in [2.24, 2.45) is 0 Å². The molecule has 0 saturated heterocycles. The lowest BCUT2D eigenvalue weighted by molar-refractivity contribution is 0.262. The molecule has 0 radical (unpaired) electrons. The molecule has 152 valence electrons. The second-order valence-electron chi connectivity index (χ2n) is 6.25. The number of para-hydroxylation sites is 1. The van der Waals surface area contributed by atoms with Crippen molar-refractivity contribution in [2.45, 2.75) is 6.42 Å². The Morgan fingerprint density at radius 3 is 2.73 bits per heavy atom. The molecule has 0 fully saturated rings. The molecule has 0 aliphatic rings. The maximum Gasteiger partial charge on any atom is 0.323 e. The SMILES string of the molecule is COc1ccc(Cl)cc1NC(=O)Nc1ccccc1Cc1nc(-c2ccco2)no1. The summed E-state index contributed by atoms with van der Waals surface area (Å²) in [6, 6.07) is 15.4. The number of nitrogens with one attached hydrogen (secondary N) is 2. The molecule has 8 nitrogen and oxygen atoms in total. The second kappa shape index (κ2) is 8.71. The Labute approximate surface area is 176 Å². The third kappa shape index (κ3) is 4.44. The Balaban J connectivity index is 1.48. The van der Waals surface area contributed by atoms with Crippen molar-refractivity contribution in [2.75, 3.05) is 17.7 Å². The molecule has 4 rings (SSSR count). The maximum atomic E-state index is 12.5. The summed E-state index contributed by atoms with van der Waals surface area (Å²) in [6.07, 6.45) is 1.88. The molecular weight excluding hydrogens is 408 g/mol. The molecule has 2 amide bonds. The Hall–Kier alpha value is -3.78. The molecule has 30 heavy (non-hydrogen) atoms. The largest absolute Gasteiger partial charge is 0.495 e. The lowest BCUT2D eigenvalue weighted by atomic mass is 10.1. The fourth-order valence-corrected chi connectivity index (χ4v) is 3.02. The number of hydrogen-bond donors (Lipinski definition) is 2. The van der Waals surface area contributed by atoms with Gasteiger partial charge in [-0.3, -0.25) is 0 Å². The third-order valence-electron chi connectivity index (χ3n) is 4.23. The predicted molar refractivity (Wildman–Crippen MR) is 112 cm³/mol. The van der Waals surface area contributed by atoms with Gasteiger partial charge < -0.3 is 24.3 Å². The Kier molecular flexibility index (Phi) is 5.67. The number of hydrogen-bond acceptors (Lipinski definition) is 6. The number of anilines is 2. The van der Waals surface area contributed by atoms with Crippen LogP contribution in [-0.2, 0) is 6.42 Å². The van der Waals surface area contributed by atoms with E-state index in [0.717, 1.165) is 5.56 Å². The number of halogens is 1. The van der Waals surface area contributed by atoms with E-state index in [-0.39, 0.29) is 0 Å². The van der Waals surface area contributed by atoms with E-state index in [0.29, 0.717) is 46.0 Å². The maximum absolute atomic E-state index is 12.5. The molecule has 0 unspecified atom stereocenters. The number of benzene rings is 2. The van der Waals surface area contributed by atoms with E-state index in [4.69, 9.17) is 25.3 Å². The van der Waals surface area contributed by atoms with Crippen molar-refractivity contribution >= 4 is 29.0 Å². The van der Waals surface area contributed by atoms with Crippen LogP contribution in [0.1, 0.15) is 11.5 Å². The van der Waals surface area contributed by atoms with Gasteiger partial charge in [0.15, 0.2) is 5.76 Å². The van der Waals surface area contributed by atoms with Crippen LogP contribution in [0.4, 0.5) is 16.2 Å². The Bertz CT molecular complexity index is 1160. The Morgan fingerprint density at radius 1 is 1.10 bits per heavy atom. The van der Waals surface area contributed by atoms with Gasteiger partial charge in [0.2, 0.25) is 11.7 Å². The van der Waals surface area contributed by atoms with Gasteiger partial charge >= 0.3 is 6.03 Å². The minimum absolute atomic E-state index is 0.338. The molecule has 0 saturated carbocycles. The summed E-state index contributed by atoms with van der Waals surface area (Å²) in [5.41, 5.74) is 1.87. The van der Waals surface area contributed by atoms with Crippen molar-refractivity contribution in [1.29, 1.82) is 0 Å². The summed E-state index contributed by atoms with van der Waals surface area (Å²) in [5.74, 6) is 1.78. The highest BCUT2D eigenvalue weighted by Gasteiger charge is 2.15. The van der Waals surface area contributed by atoms with Gasteiger partial charge in [0, 0.05) is 10.7 Å². The zero-order valence-electron chi connectivity index (χ0n) is 15.9. The number of carbonyl (C=O) groups is 1. The van der Waals surface area contributed by atoms with E-state index in [2.05, 4.69) is 20.8 Å². The van der Waals surface area contributed by atoms with Crippen LogP contribution in [0.2, 0.25) is 5.02 Å². The van der Waals surface area contributed by atoms with E-state index in [1.807, 2.05) is 18.2 Å². The number of furan rings is 1. The average molecular weight is 425 g/mol. The zero-order valence-corrected chi connectivity index (χ0v) is 16.6. The van der Waals surface area contributed by atoms with Gasteiger partial charge in [-0.1, -0.05) is 35.0 Å². The lowest BCUT2D eigenvalue weighted by Gasteiger charge is -2.13. The van der Waals surface area contributed by atoms with Crippen LogP contribution in [0.5, 0.6) is 5.75 Å². The minimum Gasteiger partial charge on any atom is -0.495 e. The van der Waals surface area contributed by atoms with E-state index < -0.39 is 6.03 Å². The summed E-state index contributed by atoms with van der Waals surface area (Å²) < 4.78 is 15.8. The van der Waals surface area contributed by atoms with Crippen LogP contribution < -0.4 is 15.4 Å². The van der Waals surface area contributed by atoms with Gasteiger partial charge in [-0.05, 0) is 42.0 Å². The van der Waals surface area contributed by atoms with Crippen molar-refractivity contribution in [1.82, 2.24) is 10.1 Å². The number of amides is 2. The van der Waals surface area contributed by atoms with E-state index in [1.165, 1.54) is 13.4 Å². The van der Waals surface area contributed by atoms with Gasteiger partial charge in [0.25, 0.3) is 0 Å². The molecule has 2 heterocycles. The summed E-state index contributed by atoms with van der Waals surface area (Å²) in [5, 5.41) is 9.97. The smallest absolute Gasteiger partial charge is 0.323 e. The quantitative estimate of drug-likeness (QED) is 0.439. The number of rotatable bonds is 6. The normalized spacial score (nSPS) is 10.6. The molecule has 4 aromatic rings. The van der Waals surface area contributed by atoms with Crippen LogP contribution in [-0.4, -0.2) is 23.3 Å². The highest BCUT2D eigenvalue weighted by Crippen LogP contribution is 2.28. The molecular formula is C21H17ClN4O4. The van der Waals surface area contributed by atoms with Crippen molar-refractivity contribution in [3.63, 3.8) is 0 Å². The van der Waals surface area contributed by atoms with Crippen LogP contribution >= 0.6 is 11.6 Å². The van der Waals surface area contributed by atoms with Crippen LogP contribution in [0, 0.1) is 0 Å². The highest BCUT2D eigenvalue weighted by atomic mass is 35.5. The van der Waals surface area contributed by atoms with E-state index >= 15 is 0 Å². The van der Waals surface area contributed by atoms with Crippen LogP contribution in [0.3, 0.4) is 0 Å². The van der Waals surface area contributed by atoms with Gasteiger partial charge in [-0.25, -0.2) is 4.79 Å². The van der Waals surface area contributed by atoms with Gasteiger partial charge in [-0.2, -0.15) is 4.98 Å². The summed E-state index contributed by atoms with van der Waals surface area (Å²) in [4.78, 5) is 16.9. The summed E-state index contributed by atoms with van der Waals surface area (Å²) in [6.45, 7) is 0. The topological polar surface area (TPSA) is 102 Å². The standard InChI is InChI=1S/C21H17ClN4O4/c1-28-17-9-8-14(22)12-16(17)24-21(27)23-15-6-3-2-5-13(15)11-19-25-20(26-30-19)18-7-4-10-29-18/h2-10,12H,11H2,1H3,(H2,23,24,27). The number of methoxy groups -OCH3 is 1. The fourth-order valence-electron chi connectivity index (χ4n) is 2.85. The van der Waals surface area contributed by atoms with Crippen molar-refractivity contribution in [3.8, 4) is 17.3 Å². The first-order valence-corrected chi connectivity index (χ1v) is 9.36. The molecule has 0 aliphatic heterocycles. The molecule has 2 aromatic heterocycles. The van der Waals surface area contributed by atoms with Gasteiger partial charge in [0.05, 0.1) is 25.5 Å². The molecule has 0 aliphatic carbocycles. The molecule has 2 N–H and O–H groups in total. The van der Waals surface area contributed by atoms with E-state index in [1.54, 1.807) is 36.4 Å². The first-order valence-electron chi connectivity index (χ1n) is 8.98. The van der Waals surface area contributed by atoms with Crippen molar-refractivity contribution in [3.05, 3.63) is 77.3 Å². The summed E-state index contributed by atoms with van der Waals surface area (Å²) >= 11 is 6.01. The fraction of sp³-hybridized carbons (Fsp3) is 0.0952. The molecule has 9 heteroatoms. The molecule has 0 bridgehead atoms. The van der Waals surface area contributed by atoms with Crippen LogP contribution in [0.15, 0.2) is 69.8 Å². The molecule has 2 aromatic carbocycles. The second-order valence-corrected chi connectivity index (χ2v) is 6.68. The van der Waals surface area contributed by atoms with E-state index in [9.17, 15) is 4.79 Å². The Morgan fingerprint density at radius 2 is 1.93 bits per heavy atom. The van der Waals surface area contributed by atoms with Crippen molar-refractivity contribution < 1.29 is 18.5 Å².